The van der Waals surface area contributed by atoms with Gasteiger partial charge in [0.1, 0.15) is 5.76 Å². The molecule has 0 aliphatic carbocycles. The third-order valence-electron chi connectivity index (χ3n) is 2.85. The summed E-state index contributed by atoms with van der Waals surface area (Å²) in [6, 6.07) is 3.93. The summed E-state index contributed by atoms with van der Waals surface area (Å²) in [4.78, 5) is 13.7. The lowest BCUT2D eigenvalue weighted by Crippen LogP contribution is -2.57. The van der Waals surface area contributed by atoms with Crippen molar-refractivity contribution in [3.8, 4) is 0 Å². The summed E-state index contributed by atoms with van der Waals surface area (Å²) in [5.74, 6) is 1.28. The molecular weight excluding hydrogens is 192 g/mol. The van der Waals surface area contributed by atoms with Crippen molar-refractivity contribution in [1.82, 2.24) is 10.2 Å². The Morgan fingerprint density at radius 3 is 2.80 bits per heavy atom. The van der Waals surface area contributed by atoms with Crippen LogP contribution in [0.15, 0.2) is 16.5 Å². The maximum Gasteiger partial charge on any atom is 0.289 e. The molecular formula is C11H16N2O2. The highest BCUT2D eigenvalue weighted by molar-refractivity contribution is 5.91. The molecule has 82 valence electrons. The van der Waals surface area contributed by atoms with Crippen LogP contribution in [0, 0.1) is 0 Å². The summed E-state index contributed by atoms with van der Waals surface area (Å²) in [5, 5.41) is 3.14. The summed E-state index contributed by atoms with van der Waals surface area (Å²) in [6.07, 6.45) is 0.821. The molecule has 0 radical (unpaired) electrons. The molecule has 1 N–H and O–H groups in total. The van der Waals surface area contributed by atoms with Crippen LogP contribution >= 0.6 is 0 Å². The number of carbonyl (C=O) groups is 1. The summed E-state index contributed by atoms with van der Waals surface area (Å²) in [5.41, 5.74) is 0. The first-order valence-corrected chi connectivity index (χ1v) is 5.29. The second-order valence-electron chi connectivity index (χ2n) is 3.85. The van der Waals surface area contributed by atoms with Crippen LogP contribution in [0.2, 0.25) is 0 Å². The molecule has 1 fully saturated rings. The zero-order valence-electron chi connectivity index (χ0n) is 9.12. The van der Waals surface area contributed by atoms with E-state index in [-0.39, 0.29) is 5.91 Å². The monoisotopic (exact) mass is 208 g/mol. The molecule has 4 heteroatoms. The molecule has 2 rings (SSSR count). The summed E-state index contributed by atoms with van der Waals surface area (Å²) in [7, 11) is 1.82. The van der Waals surface area contributed by atoms with E-state index >= 15 is 0 Å². The van der Waals surface area contributed by atoms with Gasteiger partial charge in [-0.05, 0) is 12.1 Å². The van der Waals surface area contributed by atoms with E-state index in [0.29, 0.717) is 11.8 Å². The number of likely N-dealkylation sites (N-methyl/N-ethyl adjacent to an activating group) is 1. The predicted octanol–water partition coefficient (Wildman–Crippen LogP) is 0.886. The summed E-state index contributed by atoms with van der Waals surface area (Å²) >= 11 is 0. The van der Waals surface area contributed by atoms with Crippen molar-refractivity contribution < 1.29 is 9.21 Å². The molecule has 1 aliphatic rings. The topological polar surface area (TPSA) is 45.5 Å². The Hall–Kier alpha value is -1.29. The molecule has 1 amide bonds. The van der Waals surface area contributed by atoms with E-state index in [2.05, 4.69) is 5.32 Å². The molecule has 0 spiro atoms. The first-order chi connectivity index (χ1) is 7.22. The Balaban J connectivity index is 2.05. The summed E-state index contributed by atoms with van der Waals surface area (Å²) < 4.78 is 5.42. The molecule has 0 saturated carbocycles. The fourth-order valence-corrected chi connectivity index (χ4v) is 1.57. The van der Waals surface area contributed by atoms with Crippen molar-refractivity contribution in [2.75, 3.05) is 20.1 Å². The minimum atomic E-state index is -0.0267. The first kappa shape index (κ1) is 10.2. The molecule has 0 aromatic carbocycles. The van der Waals surface area contributed by atoms with Gasteiger partial charge in [-0.2, -0.15) is 0 Å². The van der Waals surface area contributed by atoms with Gasteiger partial charge in [0.25, 0.3) is 5.91 Å². The number of carbonyl (C=O) groups excluding carboxylic acids is 1. The van der Waals surface area contributed by atoms with Crippen LogP contribution in [-0.2, 0) is 6.42 Å². The van der Waals surface area contributed by atoms with Crippen molar-refractivity contribution >= 4 is 5.91 Å². The van der Waals surface area contributed by atoms with Crippen molar-refractivity contribution in [2.24, 2.45) is 0 Å². The normalized spacial score (nSPS) is 16.1. The number of nitrogens with one attached hydrogen (secondary N) is 1. The number of hydrogen-bond acceptors (Lipinski definition) is 3. The Morgan fingerprint density at radius 2 is 2.33 bits per heavy atom. The third-order valence-corrected chi connectivity index (χ3v) is 2.85. The van der Waals surface area contributed by atoms with Crippen molar-refractivity contribution in [3.63, 3.8) is 0 Å². The van der Waals surface area contributed by atoms with Gasteiger partial charge in [0.15, 0.2) is 5.76 Å². The van der Waals surface area contributed by atoms with E-state index in [0.717, 1.165) is 25.3 Å². The average molecular weight is 208 g/mol. The fraction of sp³-hybridized carbons (Fsp3) is 0.545. The zero-order chi connectivity index (χ0) is 10.8. The van der Waals surface area contributed by atoms with Gasteiger partial charge in [-0.15, -0.1) is 0 Å². The van der Waals surface area contributed by atoms with Gasteiger partial charge in [-0.1, -0.05) is 6.92 Å². The van der Waals surface area contributed by atoms with Gasteiger partial charge in [-0.3, -0.25) is 4.79 Å². The summed E-state index contributed by atoms with van der Waals surface area (Å²) in [6.45, 7) is 3.76. The maximum absolute atomic E-state index is 11.9. The van der Waals surface area contributed by atoms with Gasteiger partial charge in [0, 0.05) is 26.6 Å². The van der Waals surface area contributed by atoms with Crippen LogP contribution in [0.4, 0.5) is 0 Å². The van der Waals surface area contributed by atoms with Crippen LogP contribution in [-0.4, -0.2) is 37.0 Å². The van der Waals surface area contributed by atoms with Crippen LogP contribution < -0.4 is 5.32 Å². The quantitative estimate of drug-likeness (QED) is 0.802. The number of nitrogens with zero attached hydrogens (tertiary/aromatic N) is 1. The highest BCUT2D eigenvalue weighted by atomic mass is 16.4. The largest absolute Gasteiger partial charge is 0.456 e. The molecule has 1 saturated heterocycles. The molecule has 0 bridgehead atoms. The minimum absolute atomic E-state index is 0.0267. The molecule has 15 heavy (non-hydrogen) atoms. The van der Waals surface area contributed by atoms with Gasteiger partial charge in [-0.25, -0.2) is 0 Å². The van der Waals surface area contributed by atoms with Gasteiger partial charge < -0.3 is 14.6 Å². The molecule has 4 nitrogen and oxygen atoms in total. The number of rotatable bonds is 3. The molecule has 0 atom stereocenters. The Morgan fingerprint density at radius 1 is 1.60 bits per heavy atom. The smallest absolute Gasteiger partial charge is 0.289 e. The van der Waals surface area contributed by atoms with Crippen LogP contribution in [0.25, 0.3) is 0 Å². The van der Waals surface area contributed by atoms with Gasteiger partial charge in [0.2, 0.25) is 0 Å². The van der Waals surface area contributed by atoms with Gasteiger partial charge >= 0.3 is 0 Å². The van der Waals surface area contributed by atoms with E-state index < -0.39 is 0 Å². The van der Waals surface area contributed by atoms with Gasteiger partial charge in [0.05, 0.1) is 6.04 Å². The lowest BCUT2D eigenvalue weighted by Gasteiger charge is -2.35. The lowest BCUT2D eigenvalue weighted by molar-refractivity contribution is 0.0647. The zero-order valence-corrected chi connectivity index (χ0v) is 9.12. The van der Waals surface area contributed by atoms with E-state index in [1.807, 2.05) is 20.0 Å². The maximum atomic E-state index is 11.9. The fourth-order valence-electron chi connectivity index (χ4n) is 1.57. The van der Waals surface area contributed by atoms with Crippen LogP contribution in [0.1, 0.15) is 23.2 Å². The van der Waals surface area contributed by atoms with Crippen molar-refractivity contribution in [3.05, 3.63) is 23.7 Å². The van der Waals surface area contributed by atoms with E-state index in [1.165, 1.54) is 0 Å². The van der Waals surface area contributed by atoms with E-state index in [1.54, 1.807) is 11.0 Å². The third kappa shape index (κ3) is 1.90. The van der Waals surface area contributed by atoms with Crippen molar-refractivity contribution in [2.45, 2.75) is 19.4 Å². The average Bonchev–Trinajstić information content (AvgIpc) is 2.61. The minimum Gasteiger partial charge on any atom is -0.456 e. The molecule has 1 aromatic rings. The Bertz CT molecular complexity index is 355. The van der Waals surface area contributed by atoms with Crippen LogP contribution in [0.3, 0.4) is 0 Å². The molecule has 1 aromatic heterocycles. The standard InChI is InChI=1S/C11H16N2O2/c1-3-9-4-5-10(15-9)11(14)13(2)8-6-12-7-8/h4-5,8,12H,3,6-7H2,1-2H3. The number of aryl methyl sites for hydroxylation is 1. The SMILES string of the molecule is CCc1ccc(C(=O)N(C)C2CNC2)o1. The first-order valence-electron chi connectivity index (χ1n) is 5.29. The van der Waals surface area contributed by atoms with E-state index in [4.69, 9.17) is 4.42 Å². The molecule has 2 heterocycles. The second-order valence-corrected chi connectivity index (χ2v) is 3.85. The Labute approximate surface area is 89.2 Å². The molecule has 0 unspecified atom stereocenters. The van der Waals surface area contributed by atoms with Crippen LogP contribution in [0.5, 0.6) is 0 Å². The second kappa shape index (κ2) is 4.06. The number of amides is 1. The van der Waals surface area contributed by atoms with Crippen molar-refractivity contribution in [1.29, 1.82) is 0 Å². The molecule has 1 aliphatic heterocycles. The van der Waals surface area contributed by atoms with E-state index in [9.17, 15) is 4.79 Å². The number of hydrogen-bond donors (Lipinski definition) is 1. The lowest BCUT2D eigenvalue weighted by atomic mass is 10.1. The number of furan rings is 1. The highest BCUT2D eigenvalue weighted by Crippen LogP contribution is 2.13. The Kier molecular flexibility index (Phi) is 2.77. The highest BCUT2D eigenvalue weighted by Gasteiger charge is 2.27. The predicted molar refractivity (Wildman–Crippen MR) is 56.8 cm³/mol.